The van der Waals surface area contributed by atoms with Gasteiger partial charge < -0.3 is 4.79 Å². The van der Waals surface area contributed by atoms with Crippen molar-refractivity contribution in [1.82, 2.24) is 0 Å². The van der Waals surface area contributed by atoms with Crippen molar-refractivity contribution in [2.45, 2.75) is 13.8 Å². The first kappa shape index (κ1) is 14.5. The summed E-state index contributed by atoms with van der Waals surface area (Å²) in [6, 6.07) is 0. The Balaban J connectivity index is 0. The molecule has 0 saturated heterocycles. The van der Waals surface area contributed by atoms with Gasteiger partial charge in [0.2, 0.25) is 0 Å². The van der Waals surface area contributed by atoms with Crippen molar-refractivity contribution in [3.63, 3.8) is 0 Å². The van der Waals surface area contributed by atoms with E-state index in [9.17, 15) is 13.2 Å². The second kappa shape index (κ2) is 4.87. The molecule has 4 nitrogen and oxygen atoms in total. The summed E-state index contributed by atoms with van der Waals surface area (Å²) in [7, 11) is -3.54. The largest absolute Gasteiger partial charge is 0.541 e. The van der Waals surface area contributed by atoms with Crippen molar-refractivity contribution >= 4 is 23.0 Å². The topological polar surface area (TPSA) is 63.6 Å². The molecular formula is C6H10NO3SW-. The Bertz CT molecular complexity index is 258. The van der Waals surface area contributed by atoms with Crippen LogP contribution in [-0.4, -0.2) is 27.2 Å². The maximum atomic E-state index is 10.8. The van der Waals surface area contributed by atoms with Crippen molar-refractivity contribution in [3.8, 4) is 0 Å². The van der Waals surface area contributed by atoms with Gasteiger partial charge in [-0.3, -0.25) is 6.29 Å². The third-order valence-corrected chi connectivity index (χ3v) is 2.50. The molecular weight excluding hydrogens is 350 g/mol. The van der Waals surface area contributed by atoms with Crippen LogP contribution in [0.4, 0.5) is 0 Å². The molecule has 0 N–H and O–H groups in total. The van der Waals surface area contributed by atoms with Crippen LogP contribution in [0.25, 0.3) is 0 Å². The number of nitrogens with zero attached hydrogens (tertiary/aromatic N) is 1. The van der Waals surface area contributed by atoms with Crippen LogP contribution in [0.2, 0.25) is 0 Å². The first-order valence-corrected chi connectivity index (χ1v) is 4.54. The van der Waals surface area contributed by atoms with Crippen LogP contribution in [0.1, 0.15) is 13.8 Å². The molecule has 0 aromatic heterocycles. The normalized spacial score (nSPS) is 11.5. The summed E-state index contributed by atoms with van der Waals surface area (Å²) in [6.45, 7) is 5.83. The van der Waals surface area contributed by atoms with Crippen LogP contribution >= 0.6 is 0 Å². The van der Waals surface area contributed by atoms with Gasteiger partial charge in [-0.05, 0) is 0 Å². The van der Waals surface area contributed by atoms with Gasteiger partial charge in [0.25, 0.3) is 10.0 Å². The summed E-state index contributed by atoms with van der Waals surface area (Å²) in [5.41, 5.74) is -1.000. The zero-order valence-electron chi connectivity index (χ0n) is 6.90. The molecule has 0 aliphatic heterocycles. The van der Waals surface area contributed by atoms with Gasteiger partial charge in [-0.25, -0.2) is 8.42 Å². The molecule has 0 spiro atoms. The molecule has 0 radical (unpaired) electrons. The Kier molecular flexibility index (Phi) is 5.89. The maximum Gasteiger partial charge on any atom is 0.250 e. The quantitative estimate of drug-likeness (QED) is 0.530. The van der Waals surface area contributed by atoms with E-state index in [-0.39, 0.29) is 26.8 Å². The fourth-order valence-electron chi connectivity index (χ4n) is 0.531. The monoisotopic (exact) mass is 360 g/mol. The van der Waals surface area contributed by atoms with Gasteiger partial charge in [-0.15, -0.1) is 5.41 Å². The maximum absolute atomic E-state index is 10.8. The molecule has 0 saturated carbocycles. The third kappa shape index (κ3) is 5.61. The zero-order valence-corrected chi connectivity index (χ0v) is 10.7. The summed E-state index contributed by atoms with van der Waals surface area (Å²) < 4.78 is 24.4. The minimum absolute atomic E-state index is 0. The van der Waals surface area contributed by atoms with Gasteiger partial charge >= 0.3 is 0 Å². The van der Waals surface area contributed by atoms with E-state index in [4.69, 9.17) is 0 Å². The van der Waals surface area contributed by atoms with E-state index in [1.165, 1.54) is 13.8 Å². The van der Waals surface area contributed by atoms with Gasteiger partial charge in [0.15, 0.2) is 0 Å². The number of rotatable bonds is 4. The van der Waals surface area contributed by atoms with Crippen LogP contribution in [0.5, 0.6) is 0 Å². The Morgan fingerprint density at radius 3 is 2.17 bits per heavy atom. The minimum atomic E-state index is -3.54. The van der Waals surface area contributed by atoms with E-state index in [1.807, 2.05) is 0 Å². The third-order valence-electron chi connectivity index (χ3n) is 1.02. The van der Waals surface area contributed by atoms with Crippen LogP contribution in [0, 0.1) is 5.41 Å². The van der Waals surface area contributed by atoms with Gasteiger partial charge in [0.05, 0.1) is 5.75 Å². The fourth-order valence-corrected chi connectivity index (χ4v) is 1.59. The average Bonchev–Trinajstić information content (AvgIpc) is 1.86. The van der Waals surface area contributed by atoms with Crippen LogP contribution in [0.15, 0.2) is 4.40 Å². The van der Waals surface area contributed by atoms with Gasteiger partial charge in [0, 0.05) is 27.8 Å². The molecule has 6 heteroatoms. The smallest absolute Gasteiger partial charge is 0.250 e. The zero-order chi connectivity index (χ0) is 9.12. The summed E-state index contributed by atoms with van der Waals surface area (Å²) in [4.78, 5) is 10.2. The van der Waals surface area contributed by atoms with E-state index in [1.54, 1.807) is 6.29 Å². The minimum Gasteiger partial charge on any atom is -0.541 e. The van der Waals surface area contributed by atoms with Crippen molar-refractivity contribution < 1.29 is 34.3 Å². The average molecular weight is 360 g/mol. The van der Waals surface area contributed by atoms with E-state index in [0.29, 0.717) is 0 Å². The van der Waals surface area contributed by atoms with E-state index < -0.39 is 15.4 Å². The van der Waals surface area contributed by atoms with Gasteiger partial charge in [-0.2, -0.15) is 4.40 Å². The standard InChI is InChI=1S/C6H10NO3S.W/c1-6(2,4-8)5-11(9,10)7-3;/h3,5H2,1-2H3;/q-1;. The van der Waals surface area contributed by atoms with E-state index in [2.05, 4.69) is 11.1 Å². The molecule has 0 aromatic rings. The van der Waals surface area contributed by atoms with Crippen LogP contribution in [0.3, 0.4) is 0 Å². The number of sulfonamides is 1. The fraction of sp³-hybridized carbons (Fsp3) is 0.667. The van der Waals surface area contributed by atoms with Crippen molar-refractivity contribution in [2.75, 3.05) is 5.75 Å². The first-order chi connectivity index (χ1) is 4.83. The van der Waals surface area contributed by atoms with E-state index >= 15 is 0 Å². The summed E-state index contributed by atoms with van der Waals surface area (Å²) in [5, 5.41) is 0. The van der Waals surface area contributed by atoms with Crippen molar-refractivity contribution in [3.05, 3.63) is 0 Å². The Labute approximate surface area is 86.8 Å². The second-order valence-electron chi connectivity index (χ2n) is 2.84. The predicted molar refractivity (Wildman–Crippen MR) is 42.8 cm³/mol. The van der Waals surface area contributed by atoms with Crippen molar-refractivity contribution in [2.24, 2.45) is 9.81 Å². The van der Waals surface area contributed by atoms with Crippen LogP contribution in [-0.2, 0) is 35.9 Å². The summed E-state index contributed by atoms with van der Waals surface area (Å²) >= 11 is 0. The second-order valence-corrected chi connectivity index (χ2v) is 4.55. The number of carbonyl (C=O) groups excluding carboxylic acids is 1. The summed E-state index contributed by atoms with van der Waals surface area (Å²) in [5.74, 6) is -0.340. The molecule has 0 aromatic carbocycles. The Morgan fingerprint density at radius 2 is 1.92 bits per heavy atom. The van der Waals surface area contributed by atoms with Crippen LogP contribution < -0.4 is 0 Å². The Hall–Kier alpha value is -0.0217. The van der Waals surface area contributed by atoms with Gasteiger partial charge in [0.1, 0.15) is 0 Å². The molecule has 0 bridgehead atoms. The molecule has 12 heavy (non-hydrogen) atoms. The molecule has 0 fully saturated rings. The molecule has 70 valence electrons. The SMILES string of the molecule is C=NS(=O)(=O)CC(C)(C)[C-]=O.[W]. The number of hydrogen-bond acceptors (Lipinski definition) is 3. The molecule has 0 aliphatic rings. The summed E-state index contributed by atoms with van der Waals surface area (Å²) in [6.07, 6.45) is 1.61. The first-order valence-electron chi connectivity index (χ1n) is 2.93. The van der Waals surface area contributed by atoms with E-state index in [0.717, 1.165) is 0 Å². The molecule has 0 unspecified atom stereocenters. The predicted octanol–water partition coefficient (Wildman–Crippen LogP) is 0.150. The molecule has 0 heterocycles. The van der Waals surface area contributed by atoms with Gasteiger partial charge in [-0.1, -0.05) is 13.8 Å². The molecule has 0 aliphatic carbocycles. The van der Waals surface area contributed by atoms with Crippen molar-refractivity contribution in [1.29, 1.82) is 0 Å². The molecule has 0 atom stereocenters. The molecule has 0 rings (SSSR count). The molecule has 0 amide bonds. The Morgan fingerprint density at radius 1 is 1.50 bits per heavy atom. The number of hydrogen-bond donors (Lipinski definition) is 0.